The molecule has 0 radical (unpaired) electrons. The van der Waals surface area contributed by atoms with Gasteiger partial charge >= 0.3 is 0 Å². The maximum Gasteiger partial charge on any atom is 0.00464 e. The second-order valence-corrected chi connectivity index (χ2v) is 7.87. The van der Waals surface area contributed by atoms with Crippen LogP contribution in [0.5, 0.6) is 0 Å². The standard InChI is InChI=1S/C14H16S.C6H12.C5H12.C2H6/c1-3-10(2)13-6-4-5-11-7-8-12(15)9-14(11)13;1-4-6(3)5-2;1-4-5(2)3;1-2/h4-10,15H,3H2,1-2H3;4H,5H2,1-3H3;5H,4H2,1-3H3;1-2H3. The Labute approximate surface area is 182 Å². The summed E-state index contributed by atoms with van der Waals surface area (Å²) in [6.45, 7) is 21.5. The van der Waals surface area contributed by atoms with Crippen molar-refractivity contribution < 1.29 is 0 Å². The predicted molar refractivity (Wildman–Crippen MR) is 136 cm³/mol. The van der Waals surface area contributed by atoms with E-state index in [1.165, 1.54) is 41.2 Å². The summed E-state index contributed by atoms with van der Waals surface area (Å²) in [7, 11) is 0. The minimum absolute atomic E-state index is 0.615. The highest BCUT2D eigenvalue weighted by atomic mass is 32.1. The third kappa shape index (κ3) is 12.3. The fourth-order valence-corrected chi connectivity index (χ4v) is 2.34. The zero-order valence-electron chi connectivity index (χ0n) is 20.3. The lowest BCUT2D eigenvalue weighted by Gasteiger charge is -2.12. The Kier molecular flexibility index (Phi) is 18.5. The normalized spacial score (nSPS) is 11.5. The Morgan fingerprint density at radius 1 is 0.964 bits per heavy atom. The van der Waals surface area contributed by atoms with Crippen LogP contribution in [0.2, 0.25) is 0 Å². The minimum atomic E-state index is 0.615. The number of hydrogen-bond acceptors (Lipinski definition) is 1. The van der Waals surface area contributed by atoms with Crippen molar-refractivity contribution in [2.45, 2.75) is 99.3 Å². The zero-order valence-corrected chi connectivity index (χ0v) is 21.2. The Bertz CT molecular complexity index is 652. The van der Waals surface area contributed by atoms with Crippen LogP contribution in [0, 0.1) is 5.92 Å². The summed E-state index contributed by atoms with van der Waals surface area (Å²) in [6, 6.07) is 12.9. The van der Waals surface area contributed by atoms with Gasteiger partial charge in [0.05, 0.1) is 0 Å². The zero-order chi connectivity index (χ0) is 22.1. The molecule has 0 aliphatic carbocycles. The van der Waals surface area contributed by atoms with Crippen LogP contribution in [0.1, 0.15) is 100.0 Å². The third-order valence-electron chi connectivity index (χ3n) is 4.91. The van der Waals surface area contributed by atoms with E-state index in [1.807, 2.05) is 19.9 Å². The average Bonchev–Trinajstić information content (AvgIpc) is 2.74. The van der Waals surface area contributed by atoms with Gasteiger partial charge in [-0.05, 0) is 67.0 Å². The van der Waals surface area contributed by atoms with E-state index in [0.29, 0.717) is 5.92 Å². The smallest absolute Gasteiger partial charge is 0.00464 e. The first kappa shape index (κ1) is 29.0. The van der Waals surface area contributed by atoms with Crippen molar-refractivity contribution in [1.29, 1.82) is 0 Å². The molecule has 0 bridgehead atoms. The predicted octanol–water partition coefficient (Wildman–Crippen LogP) is 10.1. The molecule has 0 nitrogen and oxygen atoms in total. The van der Waals surface area contributed by atoms with Gasteiger partial charge in [-0.2, -0.15) is 0 Å². The summed E-state index contributed by atoms with van der Waals surface area (Å²) >= 11 is 4.41. The number of fused-ring (bicyclic) bond motifs is 1. The SMILES string of the molecule is CC.CC=C(C)CC.CCC(C)C.CCC(C)c1cccc2ccc(S)cc12. The van der Waals surface area contributed by atoms with Crippen LogP contribution < -0.4 is 0 Å². The molecule has 1 atom stereocenters. The first-order valence-electron chi connectivity index (χ1n) is 11.1. The van der Waals surface area contributed by atoms with Gasteiger partial charge in [0.2, 0.25) is 0 Å². The quantitative estimate of drug-likeness (QED) is 0.381. The summed E-state index contributed by atoms with van der Waals surface area (Å²) in [5, 5.41) is 2.66. The molecule has 0 aliphatic heterocycles. The maximum absolute atomic E-state index is 4.41. The lowest BCUT2D eigenvalue weighted by Crippen LogP contribution is -1.92. The van der Waals surface area contributed by atoms with Gasteiger partial charge in [0.1, 0.15) is 0 Å². The monoisotopic (exact) mass is 402 g/mol. The van der Waals surface area contributed by atoms with Crippen molar-refractivity contribution in [3.63, 3.8) is 0 Å². The van der Waals surface area contributed by atoms with Gasteiger partial charge in [-0.3, -0.25) is 0 Å². The van der Waals surface area contributed by atoms with Gasteiger partial charge in [-0.15, -0.1) is 12.6 Å². The molecule has 0 heterocycles. The van der Waals surface area contributed by atoms with E-state index in [4.69, 9.17) is 0 Å². The molecule has 0 spiro atoms. The Hall–Kier alpha value is -1.21. The van der Waals surface area contributed by atoms with E-state index < -0.39 is 0 Å². The molecule has 0 saturated carbocycles. The molecule has 0 aromatic heterocycles. The van der Waals surface area contributed by atoms with Gasteiger partial charge in [0.15, 0.2) is 0 Å². The average molecular weight is 403 g/mol. The van der Waals surface area contributed by atoms with E-state index in [0.717, 1.165) is 10.8 Å². The van der Waals surface area contributed by atoms with Gasteiger partial charge in [-0.1, -0.05) is 97.7 Å². The number of thiol groups is 1. The second kappa shape index (κ2) is 17.9. The van der Waals surface area contributed by atoms with Crippen molar-refractivity contribution in [3.8, 4) is 0 Å². The van der Waals surface area contributed by atoms with Crippen LogP contribution in [0.15, 0.2) is 52.9 Å². The first-order chi connectivity index (χ1) is 13.3. The van der Waals surface area contributed by atoms with E-state index in [2.05, 4.69) is 104 Å². The number of rotatable bonds is 4. The number of hydrogen-bond donors (Lipinski definition) is 1. The molecule has 2 aromatic rings. The van der Waals surface area contributed by atoms with Crippen LogP contribution in [-0.4, -0.2) is 0 Å². The number of benzene rings is 2. The molecular weight excluding hydrogens is 356 g/mol. The lowest BCUT2D eigenvalue weighted by molar-refractivity contribution is 0.626. The molecular formula is C27H46S. The molecule has 0 aliphatic rings. The molecule has 28 heavy (non-hydrogen) atoms. The summed E-state index contributed by atoms with van der Waals surface area (Å²) in [6.07, 6.45) is 5.81. The molecule has 0 fully saturated rings. The molecule has 2 aromatic carbocycles. The van der Waals surface area contributed by atoms with Crippen molar-refractivity contribution in [2.24, 2.45) is 5.92 Å². The summed E-state index contributed by atoms with van der Waals surface area (Å²) in [5.41, 5.74) is 2.90. The minimum Gasteiger partial charge on any atom is -0.143 e. The highest BCUT2D eigenvalue weighted by Crippen LogP contribution is 2.28. The third-order valence-corrected chi connectivity index (χ3v) is 5.19. The summed E-state index contributed by atoms with van der Waals surface area (Å²) in [4.78, 5) is 1.04. The van der Waals surface area contributed by atoms with E-state index in [9.17, 15) is 0 Å². The Balaban J connectivity index is 0. The van der Waals surface area contributed by atoms with Gasteiger partial charge in [0, 0.05) is 4.90 Å². The van der Waals surface area contributed by atoms with Crippen molar-refractivity contribution in [2.75, 3.05) is 0 Å². The summed E-state index contributed by atoms with van der Waals surface area (Å²) < 4.78 is 0. The lowest BCUT2D eigenvalue weighted by atomic mass is 9.93. The van der Waals surface area contributed by atoms with E-state index >= 15 is 0 Å². The van der Waals surface area contributed by atoms with Gasteiger partial charge < -0.3 is 0 Å². The second-order valence-electron chi connectivity index (χ2n) is 7.35. The van der Waals surface area contributed by atoms with Crippen LogP contribution >= 0.6 is 12.6 Å². The van der Waals surface area contributed by atoms with Gasteiger partial charge in [0.25, 0.3) is 0 Å². The van der Waals surface area contributed by atoms with Crippen LogP contribution in [0.3, 0.4) is 0 Å². The van der Waals surface area contributed by atoms with E-state index in [-0.39, 0.29) is 0 Å². The van der Waals surface area contributed by atoms with Gasteiger partial charge in [-0.25, -0.2) is 0 Å². The molecule has 1 heteroatoms. The molecule has 160 valence electrons. The van der Waals surface area contributed by atoms with Crippen molar-refractivity contribution in [1.82, 2.24) is 0 Å². The number of allylic oxidation sites excluding steroid dienone is 2. The fraction of sp³-hybridized carbons (Fsp3) is 0.556. The molecule has 0 amide bonds. The Morgan fingerprint density at radius 2 is 1.54 bits per heavy atom. The first-order valence-corrected chi connectivity index (χ1v) is 11.6. The Morgan fingerprint density at radius 3 is 1.93 bits per heavy atom. The topological polar surface area (TPSA) is 0 Å². The molecule has 0 saturated heterocycles. The highest BCUT2D eigenvalue weighted by Gasteiger charge is 2.07. The fourth-order valence-electron chi connectivity index (χ4n) is 2.14. The van der Waals surface area contributed by atoms with Crippen LogP contribution in [0.25, 0.3) is 10.8 Å². The van der Waals surface area contributed by atoms with Crippen LogP contribution in [-0.2, 0) is 0 Å². The molecule has 0 N–H and O–H groups in total. The van der Waals surface area contributed by atoms with E-state index in [1.54, 1.807) is 0 Å². The van der Waals surface area contributed by atoms with Crippen molar-refractivity contribution >= 4 is 23.4 Å². The molecule has 1 unspecified atom stereocenters. The largest absolute Gasteiger partial charge is 0.143 e. The molecule has 2 rings (SSSR count). The summed E-state index contributed by atoms with van der Waals surface area (Å²) in [5.74, 6) is 1.50. The van der Waals surface area contributed by atoms with Crippen LogP contribution in [0.4, 0.5) is 0 Å². The highest BCUT2D eigenvalue weighted by molar-refractivity contribution is 7.80. The van der Waals surface area contributed by atoms with Crippen molar-refractivity contribution in [3.05, 3.63) is 53.6 Å². The maximum atomic E-state index is 4.41.